The van der Waals surface area contributed by atoms with Gasteiger partial charge in [-0.25, -0.2) is 0 Å². The van der Waals surface area contributed by atoms with Crippen molar-refractivity contribution < 1.29 is 0 Å². The highest BCUT2D eigenvalue weighted by molar-refractivity contribution is 7.80. The Kier molecular flexibility index (Phi) is 4.12. The molecule has 1 aliphatic rings. The van der Waals surface area contributed by atoms with E-state index in [0.717, 1.165) is 4.80 Å². The van der Waals surface area contributed by atoms with E-state index in [4.69, 9.17) is 12.2 Å². The molecule has 0 aromatic carbocycles. The number of aryl methyl sites for hydroxylation is 1. The first-order valence-corrected chi connectivity index (χ1v) is 7.00. The molecule has 1 aromatic heterocycles. The van der Waals surface area contributed by atoms with Gasteiger partial charge in [0.25, 0.3) is 0 Å². The highest BCUT2D eigenvalue weighted by Crippen LogP contribution is 2.17. The highest BCUT2D eigenvalue weighted by atomic mass is 32.1. The molecule has 1 saturated carbocycles. The molecule has 1 fully saturated rings. The van der Waals surface area contributed by atoms with Crippen molar-refractivity contribution >= 4 is 28.7 Å². The van der Waals surface area contributed by atoms with E-state index >= 15 is 0 Å². The van der Waals surface area contributed by atoms with Crippen LogP contribution in [0.4, 0.5) is 0 Å². The molecule has 0 atom stereocenters. The third-order valence-electron chi connectivity index (χ3n) is 2.89. The fourth-order valence-corrected chi connectivity index (χ4v) is 3.02. The summed E-state index contributed by atoms with van der Waals surface area (Å²) in [6.45, 7) is 0. The SMILES string of the molecule is Cn1ccsc1=NC(=S)NC1CCCCC1. The lowest BCUT2D eigenvalue weighted by atomic mass is 9.96. The van der Waals surface area contributed by atoms with Crippen molar-refractivity contribution in [2.75, 3.05) is 0 Å². The number of hydrogen-bond donors (Lipinski definition) is 1. The molecule has 1 N–H and O–H groups in total. The zero-order valence-electron chi connectivity index (χ0n) is 9.48. The summed E-state index contributed by atoms with van der Waals surface area (Å²) in [6, 6.07) is 0.537. The number of hydrogen-bond acceptors (Lipinski definition) is 2. The summed E-state index contributed by atoms with van der Waals surface area (Å²) in [5, 5.41) is 5.99. The zero-order chi connectivity index (χ0) is 11.4. The maximum Gasteiger partial charge on any atom is 0.195 e. The lowest BCUT2D eigenvalue weighted by Gasteiger charge is -2.22. The zero-order valence-corrected chi connectivity index (χ0v) is 11.1. The van der Waals surface area contributed by atoms with Gasteiger partial charge in [0.2, 0.25) is 0 Å². The molecule has 2 rings (SSSR count). The van der Waals surface area contributed by atoms with Gasteiger partial charge in [-0.05, 0) is 25.1 Å². The van der Waals surface area contributed by atoms with Crippen molar-refractivity contribution in [3.05, 3.63) is 16.4 Å². The van der Waals surface area contributed by atoms with Crippen LogP contribution >= 0.6 is 23.6 Å². The molecule has 0 aliphatic heterocycles. The molecule has 16 heavy (non-hydrogen) atoms. The number of thiazole rings is 1. The van der Waals surface area contributed by atoms with E-state index in [1.807, 2.05) is 23.2 Å². The standard InChI is InChI=1S/C11H17N3S2/c1-14-7-8-16-11(14)13-10(15)12-9-5-3-2-4-6-9/h7-9H,2-6H2,1H3,(H,12,15). The Morgan fingerprint density at radius 2 is 2.25 bits per heavy atom. The van der Waals surface area contributed by atoms with E-state index in [1.165, 1.54) is 32.1 Å². The molecular formula is C11H17N3S2. The van der Waals surface area contributed by atoms with Crippen LogP contribution in [0.15, 0.2) is 16.6 Å². The van der Waals surface area contributed by atoms with Gasteiger partial charge < -0.3 is 9.88 Å². The Balaban J connectivity index is 1.96. The fraction of sp³-hybridized carbons (Fsp3) is 0.636. The summed E-state index contributed by atoms with van der Waals surface area (Å²) < 4.78 is 1.99. The summed E-state index contributed by atoms with van der Waals surface area (Å²) in [4.78, 5) is 5.37. The van der Waals surface area contributed by atoms with Crippen LogP contribution < -0.4 is 10.1 Å². The number of aromatic nitrogens is 1. The van der Waals surface area contributed by atoms with Crippen molar-refractivity contribution in [1.82, 2.24) is 9.88 Å². The van der Waals surface area contributed by atoms with Gasteiger partial charge in [-0.15, -0.1) is 11.3 Å². The molecule has 1 aliphatic carbocycles. The van der Waals surface area contributed by atoms with Gasteiger partial charge in [-0.3, -0.25) is 0 Å². The molecule has 3 nitrogen and oxygen atoms in total. The smallest absolute Gasteiger partial charge is 0.195 e. The van der Waals surface area contributed by atoms with Crippen molar-refractivity contribution in [3.8, 4) is 0 Å². The lowest BCUT2D eigenvalue weighted by Crippen LogP contribution is -2.35. The summed E-state index contributed by atoms with van der Waals surface area (Å²) in [6.07, 6.45) is 8.44. The average Bonchev–Trinajstić information content (AvgIpc) is 2.66. The molecule has 1 heterocycles. The molecular weight excluding hydrogens is 238 g/mol. The third kappa shape index (κ3) is 3.15. The fourth-order valence-electron chi connectivity index (χ4n) is 1.98. The lowest BCUT2D eigenvalue weighted by molar-refractivity contribution is 0.414. The van der Waals surface area contributed by atoms with E-state index in [0.29, 0.717) is 11.2 Å². The van der Waals surface area contributed by atoms with Crippen LogP contribution in [0.3, 0.4) is 0 Å². The van der Waals surface area contributed by atoms with Crippen LogP contribution in [0.25, 0.3) is 0 Å². The van der Waals surface area contributed by atoms with Gasteiger partial charge in [-0.1, -0.05) is 19.3 Å². The first kappa shape index (κ1) is 11.8. The normalized spacial score (nSPS) is 18.7. The van der Waals surface area contributed by atoms with Gasteiger partial charge in [-0.2, -0.15) is 4.99 Å². The Bertz CT molecular complexity index is 413. The first-order valence-electron chi connectivity index (χ1n) is 5.71. The molecule has 0 bridgehead atoms. The van der Waals surface area contributed by atoms with E-state index in [9.17, 15) is 0 Å². The topological polar surface area (TPSA) is 29.3 Å². The molecule has 5 heteroatoms. The number of nitrogens with zero attached hydrogens (tertiary/aromatic N) is 2. The van der Waals surface area contributed by atoms with Gasteiger partial charge in [0.15, 0.2) is 9.91 Å². The molecule has 0 spiro atoms. The second-order valence-electron chi connectivity index (χ2n) is 4.19. The Hall–Kier alpha value is -0.680. The monoisotopic (exact) mass is 255 g/mol. The highest BCUT2D eigenvalue weighted by Gasteiger charge is 2.13. The third-order valence-corrected chi connectivity index (χ3v) is 3.95. The van der Waals surface area contributed by atoms with Gasteiger partial charge in [0, 0.05) is 24.7 Å². The van der Waals surface area contributed by atoms with Crippen LogP contribution in [0.1, 0.15) is 32.1 Å². The van der Waals surface area contributed by atoms with Crippen LogP contribution in [-0.4, -0.2) is 15.7 Å². The second-order valence-corrected chi connectivity index (χ2v) is 5.45. The van der Waals surface area contributed by atoms with Gasteiger partial charge in [0.1, 0.15) is 0 Å². The van der Waals surface area contributed by atoms with Crippen LogP contribution in [0.5, 0.6) is 0 Å². The maximum atomic E-state index is 5.26. The number of thiocarbonyl (C=S) groups is 1. The number of nitrogens with one attached hydrogen (secondary N) is 1. The molecule has 0 saturated heterocycles. The van der Waals surface area contributed by atoms with Gasteiger partial charge >= 0.3 is 0 Å². The van der Waals surface area contributed by atoms with E-state index < -0.39 is 0 Å². The van der Waals surface area contributed by atoms with E-state index in [1.54, 1.807) is 11.3 Å². The largest absolute Gasteiger partial charge is 0.358 e. The second kappa shape index (κ2) is 5.59. The Morgan fingerprint density at radius 3 is 2.88 bits per heavy atom. The minimum Gasteiger partial charge on any atom is -0.358 e. The van der Waals surface area contributed by atoms with Crippen LogP contribution in [0.2, 0.25) is 0 Å². The van der Waals surface area contributed by atoms with Crippen molar-refractivity contribution in [1.29, 1.82) is 0 Å². The van der Waals surface area contributed by atoms with Crippen LogP contribution in [-0.2, 0) is 7.05 Å². The quantitative estimate of drug-likeness (QED) is 0.780. The predicted octanol–water partition coefficient (Wildman–Crippen LogP) is 2.19. The minimum absolute atomic E-state index is 0.537. The summed E-state index contributed by atoms with van der Waals surface area (Å²) in [5.74, 6) is 0. The molecule has 88 valence electrons. The maximum absolute atomic E-state index is 5.26. The Labute approximate surface area is 105 Å². The summed E-state index contributed by atoms with van der Waals surface area (Å²) in [5.41, 5.74) is 0. The van der Waals surface area contributed by atoms with E-state index in [2.05, 4.69) is 10.3 Å². The minimum atomic E-state index is 0.537. The van der Waals surface area contributed by atoms with Gasteiger partial charge in [0.05, 0.1) is 0 Å². The molecule has 0 unspecified atom stereocenters. The van der Waals surface area contributed by atoms with Crippen molar-refractivity contribution in [3.63, 3.8) is 0 Å². The molecule has 0 amide bonds. The summed E-state index contributed by atoms with van der Waals surface area (Å²) in [7, 11) is 1.98. The van der Waals surface area contributed by atoms with E-state index in [-0.39, 0.29) is 0 Å². The van der Waals surface area contributed by atoms with Crippen molar-refractivity contribution in [2.45, 2.75) is 38.1 Å². The number of rotatable bonds is 1. The Morgan fingerprint density at radius 1 is 1.50 bits per heavy atom. The average molecular weight is 255 g/mol. The summed E-state index contributed by atoms with van der Waals surface area (Å²) >= 11 is 6.87. The first-order chi connectivity index (χ1) is 7.75. The molecule has 1 aromatic rings. The predicted molar refractivity (Wildman–Crippen MR) is 71.5 cm³/mol. The molecule has 0 radical (unpaired) electrons. The van der Waals surface area contributed by atoms with Crippen LogP contribution in [0, 0.1) is 0 Å². The van der Waals surface area contributed by atoms with Crippen molar-refractivity contribution in [2.24, 2.45) is 12.0 Å².